The van der Waals surface area contributed by atoms with Gasteiger partial charge in [0.15, 0.2) is 5.96 Å². The van der Waals surface area contributed by atoms with E-state index < -0.39 is 0 Å². The van der Waals surface area contributed by atoms with Crippen molar-refractivity contribution < 1.29 is 4.52 Å². The average molecular weight is 320 g/mol. The molecule has 3 rings (SSSR count). The number of nitrogens with zero attached hydrogens (tertiary/aromatic N) is 3. The van der Waals surface area contributed by atoms with E-state index in [9.17, 15) is 0 Å². The van der Waals surface area contributed by atoms with Crippen LogP contribution in [-0.2, 0) is 6.54 Å². The number of rotatable bonds is 5. The summed E-state index contributed by atoms with van der Waals surface area (Å²) in [6.07, 6.45) is 2.60. The van der Waals surface area contributed by atoms with Crippen LogP contribution in [0.25, 0.3) is 11.4 Å². The minimum atomic E-state index is 0.428. The normalized spacial score (nSPS) is 14.9. The molecule has 1 fully saturated rings. The second-order valence-corrected chi connectivity index (χ2v) is 5.71. The van der Waals surface area contributed by atoms with E-state index in [0.717, 1.165) is 24.0 Å². The van der Waals surface area contributed by atoms with Crippen molar-refractivity contribution in [1.82, 2.24) is 20.8 Å². The molecule has 0 aliphatic heterocycles. The fraction of sp³-hybridized carbons (Fsp3) is 0.400. The summed E-state index contributed by atoms with van der Waals surface area (Å²) in [4.78, 5) is 8.52. The molecule has 0 spiro atoms. The molecule has 0 amide bonds. The van der Waals surface area contributed by atoms with Gasteiger partial charge < -0.3 is 15.2 Å². The number of benzene rings is 1. The SMILES string of the molecule is CN=C(NCc1nc(-c2cccc(Cl)c2)no1)NCC1CC1. The van der Waals surface area contributed by atoms with Gasteiger partial charge in [-0.3, -0.25) is 4.99 Å². The summed E-state index contributed by atoms with van der Waals surface area (Å²) in [5, 5.41) is 11.1. The van der Waals surface area contributed by atoms with E-state index >= 15 is 0 Å². The van der Waals surface area contributed by atoms with Crippen molar-refractivity contribution in [2.75, 3.05) is 13.6 Å². The van der Waals surface area contributed by atoms with Crippen molar-refractivity contribution in [3.8, 4) is 11.4 Å². The lowest BCUT2D eigenvalue weighted by atomic mass is 10.2. The molecule has 1 aliphatic carbocycles. The second-order valence-electron chi connectivity index (χ2n) is 5.27. The maximum Gasteiger partial charge on any atom is 0.246 e. The number of hydrogen-bond acceptors (Lipinski definition) is 4. The third kappa shape index (κ3) is 3.98. The van der Waals surface area contributed by atoms with Gasteiger partial charge >= 0.3 is 0 Å². The molecular formula is C15H18ClN5O. The van der Waals surface area contributed by atoms with Gasteiger partial charge in [0, 0.05) is 24.2 Å². The Labute approximate surface area is 134 Å². The van der Waals surface area contributed by atoms with E-state index in [2.05, 4.69) is 25.8 Å². The van der Waals surface area contributed by atoms with Crippen LogP contribution in [0.4, 0.5) is 0 Å². The first-order chi connectivity index (χ1) is 10.7. The van der Waals surface area contributed by atoms with Crippen LogP contribution in [0.15, 0.2) is 33.8 Å². The summed E-state index contributed by atoms with van der Waals surface area (Å²) in [6, 6.07) is 7.36. The Morgan fingerprint density at radius 3 is 3.00 bits per heavy atom. The molecule has 116 valence electrons. The number of hydrogen-bond donors (Lipinski definition) is 2. The Balaban J connectivity index is 1.56. The number of aromatic nitrogens is 2. The molecule has 0 radical (unpaired) electrons. The largest absolute Gasteiger partial charge is 0.356 e. The van der Waals surface area contributed by atoms with Crippen molar-refractivity contribution >= 4 is 17.6 Å². The van der Waals surface area contributed by atoms with E-state index in [1.165, 1.54) is 12.8 Å². The van der Waals surface area contributed by atoms with Crippen molar-refractivity contribution in [3.05, 3.63) is 35.2 Å². The van der Waals surface area contributed by atoms with Gasteiger partial charge in [0.25, 0.3) is 0 Å². The van der Waals surface area contributed by atoms with Crippen LogP contribution in [0.2, 0.25) is 5.02 Å². The van der Waals surface area contributed by atoms with Crippen LogP contribution in [0.5, 0.6) is 0 Å². The molecule has 0 bridgehead atoms. The molecule has 1 saturated carbocycles. The van der Waals surface area contributed by atoms with Crippen molar-refractivity contribution in [3.63, 3.8) is 0 Å². The maximum atomic E-state index is 5.97. The molecule has 1 aromatic carbocycles. The molecule has 6 nitrogen and oxygen atoms in total. The third-order valence-corrected chi connectivity index (χ3v) is 3.67. The van der Waals surface area contributed by atoms with Crippen LogP contribution in [0.3, 0.4) is 0 Å². The van der Waals surface area contributed by atoms with Gasteiger partial charge in [-0.15, -0.1) is 0 Å². The van der Waals surface area contributed by atoms with Crippen LogP contribution >= 0.6 is 11.6 Å². The minimum Gasteiger partial charge on any atom is -0.356 e. The molecule has 1 heterocycles. The number of halogens is 1. The molecule has 1 aliphatic rings. The first-order valence-corrected chi connectivity index (χ1v) is 7.65. The Kier molecular flexibility index (Phi) is 4.58. The third-order valence-electron chi connectivity index (χ3n) is 3.44. The van der Waals surface area contributed by atoms with Crippen molar-refractivity contribution in [2.24, 2.45) is 10.9 Å². The first-order valence-electron chi connectivity index (χ1n) is 7.27. The summed E-state index contributed by atoms with van der Waals surface area (Å²) in [6.45, 7) is 1.38. The van der Waals surface area contributed by atoms with E-state index in [-0.39, 0.29) is 0 Å². The van der Waals surface area contributed by atoms with Gasteiger partial charge in [0.05, 0.1) is 6.54 Å². The quantitative estimate of drug-likeness (QED) is 0.654. The highest BCUT2D eigenvalue weighted by Crippen LogP contribution is 2.27. The molecule has 0 saturated heterocycles. The number of guanidine groups is 1. The Hall–Kier alpha value is -2.08. The Bertz CT molecular complexity index is 665. The van der Waals surface area contributed by atoms with E-state index in [4.69, 9.17) is 16.1 Å². The minimum absolute atomic E-state index is 0.428. The zero-order valence-electron chi connectivity index (χ0n) is 12.3. The smallest absolute Gasteiger partial charge is 0.246 e. The summed E-state index contributed by atoms with van der Waals surface area (Å²) in [7, 11) is 1.74. The zero-order chi connectivity index (χ0) is 15.4. The highest BCUT2D eigenvalue weighted by Gasteiger charge is 2.21. The predicted molar refractivity (Wildman–Crippen MR) is 85.7 cm³/mol. The monoisotopic (exact) mass is 319 g/mol. The van der Waals surface area contributed by atoms with Crippen LogP contribution in [0, 0.1) is 5.92 Å². The second kappa shape index (κ2) is 6.79. The van der Waals surface area contributed by atoms with Gasteiger partial charge in [-0.05, 0) is 30.9 Å². The predicted octanol–water partition coefficient (Wildman–Crippen LogP) is 2.47. The molecule has 0 unspecified atom stereocenters. The van der Waals surface area contributed by atoms with Crippen LogP contribution in [-0.4, -0.2) is 29.7 Å². The fourth-order valence-electron chi connectivity index (χ4n) is 2.01. The molecule has 22 heavy (non-hydrogen) atoms. The molecule has 7 heteroatoms. The molecule has 0 atom stereocenters. The van der Waals surface area contributed by atoms with Crippen molar-refractivity contribution in [2.45, 2.75) is 19.4 Å². The standard InChI is InChI=1S/C15H18ClN5O/c1-17-15(18-8-10-5-6-10)19-9-13-20-14(21-22-13)11-3-2-4-12(16)7-11/h2-4,7,10H,5-6,8-9H2,1H3,(H2,17,18,19). The summed E-state index contributed by atoms with van der Waals surface area (Å²) >= 11 is 5.97. The molecule has 1 aromatic heterocycles. The van der Waals surface area contributed by atoms with Gasteiger partial charge in [-0.25, -0.2) is 0 Å². The lowest BCUT2D eigenvalue weighted by molar-refractivity contribution is 0.375. The topological polar surface area (TPSA) is 75.3 Å². The van der Waals surface area contributed by atoms with Gasteiger partial charge in [0.2, 0.25) is 11.7 Å². The zero-order valence-corrected chi connectivity index (χ0v) is 13.1. The van der Waals surface area contributed by atoms with Gasteiger partial charge in [-0.1, -0.05) is 28.9 Å². The number of nitrogens with one attached hydrogen (secondary N) is 2. The summed E-state index contributed by atoms with van der Waals surface area (Å²) < 4.78 is 5.24. The molecule has 2 aromatic rings. The highest BCUT2D eigenvalue weighted by molar-refractivity contribution is 6.30. The summed E-state index contributed by atoms with van der Waals surface area (Å²) in [5.41, 5.74) is 0.832. The van der Waals surface area contributed by atoms with Gasteiger partial charge in [-0.2, -0.15) is 4.98 Å². The first kappa shape index (κ1) is 14.8. The van der Waals surface area contributed by atoms with E-state index in [1.54, 1.807) is 13.1 Å². The van der Waals surface area contributed by atoms with E-state index in [1.807, 2.05) is 18.2 Å². The Morgan fingerprint density at radius 1 is 1.41 bits per heavy atom. The average Bonchev–Trinajstić information content (AvgIpc) is 3.23. The molecular weight excluding hydrogens is 302 g/mol. The van der Waals surface area contributed by atoms with Crippen molar-refractivity contribution in [1.29, 1.82) is 0 Å². The summed E-state index contributed by atoms with van der Waals surface area (Å²) in [5.74, 6) is 2.57. The Morgan fingerprint density at radius 2 is 2.27 bits per heavy atom. The van der Waals surface area contributed by atoms with Gasteiger partial charge in [0.1, 0.15) is 0 Å². The fourth-order valence-corrected chi connectivity index (χ4v) is 2.20. The molecule has 2 N–H and O–H groups in total. The van der Waals surface area contributed by atoms with Crippen LogP contribution in [0.1, 0.15) is 18.7 Å². The lowest BCUT2D eigenvalue weighted by Crippen LogP contribution is -2.37. The van der Waals surface area contributed by atoms with E-state index in [0.29, 0.717) is 23.3 Å². The number of aliphatic imine (C=N–C) groups is 1. The highest BCUT2D eigenvalue weighted by atomic mass is 35.5. The lowest BCUT2D eigenvalue weighted by Gasteiger charge is -2.09. The maximum absolute atomic E-state index is 5.97. The van der Waals surface area contributed by atoms with Crippen LogP contribution < -0.4 is 10.6 Å².